The van der Waals surface area contributed by atoms with Crippen LogP contribution in [-0.2, 0) is 4.74 Å². The van der Waals surface area contributed by atoms with Crippen LogP contribution in [0.2, 0.25) is 0 Å². The van der Waals surface area contributed by atoms with Crippen LogP contribution in [0.25, 0.3) is 0 Å². The Morgan fingerprint density at radius 1 is 1.62 bits per heavy atom. The average Bonchev–Trinajstić information content (AvgIpc) is 2.14. The smallest absolute Gasteiger partial charge is 0.100 e. The molecule has 1 heterocycles. The van der Waals surface area contributed by atoms with Crippen molar-refractivity contribution < 1.29 is 4.74 Å². The summed E-state index contributed by atoms with van der Waals surface area (Å²) < 4.78 is 5.25. The lowest BCUT2D eigenvalue weighted by atomic mass is 10.2. The standard InChI is InChI=1S/C5H11NOS/c6-3-4-1-2-5(8)7-4/h4-5,8H,1-3,6H2/t4-,5-/m0/s1. The summed E-state index contributed by atoms with van der Waals surface area (Å²) in [7, 11) is 0. The number of nitrogens with two attached hydrogens (primary N) is 1. The van der Waals surface area contributed by atoms with Crippen LogP contribution >= 0.6 is 12.6 Å². The zero-order valence-corrected chi connectivity index (χ0v) is 5.60. The fraction of sp³-hybridized carbons (Fsp3) is 1.00. The zero-order chi connectivity index (χ0) is 5.98. The molecule has 0 aromatic carbocycles. The van der Waals surface area contributed by atoms with Crippen LogP contribution in [0.3, 0.4) is 0 Å². The van der Waals surface area contributed by atoms with Gasteiger partial charge in [-0.1, -0.05) is 0 Å². The van der Waals surface area contributed by atoms with E-state index in [-0.39, 0.29) is 11.5 Å². The van der Waals surface area contributed by atoms with Gasteiger partial charge in [-0.05, 0) is 12.8 Å². The van der Waals surface area contributed by atoms with Crippen LogP contribution in [0.4, 0.5) is 0 Å². The molecule has 2 nitrogen and oxygen atoms in total. The van der Waals surface area contributed by atoms with Crippen molar-refractivity contribution >= 4 is 12.6 Å². The molecule has 0 aromatic heterocycles. The predicted molar refractivity (Wildman–Crippen MR) is 35.9 cm³/mol. The van der Waals surface area contributed by atoms with Gasteiger partial charge in [0.2, 0.25) is 0 Å². The third kappa shape index (κ3) is 1.37. The van der Waals surface area contributed by atoms with E-state index in [1.807, 2.05) is 0 Å². The van der Waals surface area contributed by atoms with E-state index in [0.717, 1.165) is 12.8 Å². The highest BCUT2D eigenvalue weighted by molar-refractivity contribution is 7.80. The van der Waals surface area contributed by atoms with Crippen molar-refractivity contribution in [3.63, 3.8) is 0 Å². The van der Waals surface area contributed by atoms with Gasteiger partial charge in [0.15, 0.2) is 0 Å². The molecule has 0 aliphatic carbocycles. The van der Waals surface area contributed by atoms with Gasteiger partial charge in [-0.3, -0.25) is 0 Å². The Morgan fingerprint density at radius 3 is 2.62 bits per heavy atom. The molecule has 1 aliphatic rings. The van der Waals surface area contributed by atoms with Gasteiger partial charge in [0, 0.05) is 6.54 Å². The van der Waals surface area contributed by atoms with Crippen LogP contribution in [0.1, 0.15) is 12.8 Å². The van der Waals surface area contributed by atoms with E-state index in [0.29, 0.717) is 6.54 Å². The molecule has 1 rings (SSSR count). The van der Waals surface area contributed by atoms with E-state index in [1.54, 1.807) is 0 Å². The molecular weight excluding hydrogens is 122 g/mol. The first kappa shape index (κ1) is 6.39. The van der Waals surface area contributed by atoms with E-state index in [2.05, 4.69) is 12.6 Å². The highest BCUT2D eigenvalue weighted by Crippen LogP contribution is 2.20. The molecule has 0 radical (unpaired) electrons. The van der Waals surface area contributed by atoms with Crippen molar-refractivity contribution in [1.29, 1.82) is 0 Å². The summed E-state index contributed by atoms with van der Waals surface area (Å²) in [6.45, 7) is 0.636. The first-order valence-electron chi connectivity index (χ1n) is 2.86. The number of thiol groups is 1. The largest absolute Gasteiger partial charge is 0.363 e. The van der Waals surface area contributed by atoms with Crippen LogP contribution in [0.5, 0.6) is 0 Å². The van der Waals surface area contributed by atoms with E-state index >= 15 is 0 Å². The normalized spacial score (nSPS) is 38.2. The zero-order valence-electron chi connectivity index (χ0n) is 4.71. The van der Waals surface area contributed by atoms with Gasteiger partial charge in [0.25, 0.3) is 0 Å². The minimum absolute atomic E-state index is 0.142. The molecule has 1 aliphatic heterocycles. The second-order valence-corrected chi connectivity index (χ2v) is 2.60. The highest BCUT2D eigenvalue weighted by atomic mass is 32.1. The molecule has 0 aromatic rings. The Labute approximate surface area is 54.8 Å². The maximum Gasteiger partial charge on any atom is 0.100 e. The van der Waals surface area contributed by atoms with Crippen molar-refractivity contribution in [2.24, 2.45) is 5.73 Å². The third-order valence-electron chi connectivity index (χ3n) is 1.35. The van der Waals surface area contributed by atoms with Gasteiger partial charge in [-0.15, -0.1) is 12.6 Å². The molecule has 1 saturated heterocycles. The molecule has 3 heteroatoms. The molecule has 8 heavy (non-hydrogen) atoms. The summed E-state index contributed by atoms with van der Waals surface area (Å²) in [5, 5.41) is 0. The molecule has 0 saturated carbocycles. The van der Waals surface area contributed by atoms with Crippen molar-refractivity contribution in [1.82, 2.24) is 0 Å². The lowest BCUT2D eigenvalue weighted by Crippen LogP contribution is -2.19. The van der Waals surface area contributed by atoms with Gasteiger partial charge in [0.1, 0.15) is 5.44 Å². The van der Waals surface area contributed by atoms with Gasteiger partial charge < -0.3 is 10.5 Å². The first-order valence-corrected chi connectivity index (χ1v) is 3.38. The number of ether oxygens (including phenoxy) is 1. The maximum absolute atomic E-state index is 5.34. The molecule has 0 spiro atoms. The third-order valence-corrected chi connectivity index (χ3v) is 1.73. The molecule has 1 fully saturated rings. The summed E-state index contributed by atoms with van der Waals surface area (Å²) in [4.78, 5) is 0. The summed E-state index contributed by atoms with van der Waals surface area (Å²) in [6.07, 6.45) is 2.40. The monoisotopic (exact) mass is 133 g/mol. The maximum atomic E-state index is 5.34. The Morgan fingerprint density at radius 2 is 2.38 bits per heavy atom. The first-order chi connectivity index (χ1) is 3.83. The lowest BCUT2D eigenvalue weighted by Gasteiger charge is -2.05. The van der Waals surface area contributed by atoms with Crippen LogP contribution in [-0.4, -0.2) is 18.1 Å². The summed E-state index contributed by atoms with van der Waals surface area (Å²) >= 11 is 4.13. The fourth-order valence-corrected chi connectivity index (χ4v) is 1.18. The molecule has 48 valence electrons. The van der Waals surface area contributed by atoms with Crippen molar-refractivity contribution in [2.45, 2.75) is 24.4 Å². The fourth-order valence-electron chi connectivity index (χ4n) is 0.860. The number of hydrogen-bond donors (Lipinski definition) is 2. The van der Waals surface area contributed by atoms with Gasteiger partial charge in [-0.2, -0.15) is 0 Å². The Kier molecular flexibility index (Phi) is 2.16. The highest BCUT2D eigenvalue weighted by Gasteiger charge is 2.20. The van der Waals surface area contributed by atoms with E-state index < -0.39 is 0 Å². The predicted octanol–water partition coefficient (Wildman–Crippen LogP) is 0.380. The Bertz CT molecular complexity index is 78.8. The quantitative estimate of drug-likeness (QED) is 0.507. The van der Waals surface area contributed by atoms with E-state index in [4.69, 9.17) is 10.5 Å². The number of rotatable bonds is 1. The molecule has 0 unspecified atom stereocenters. The molecule has 0 bridgehead atoms. The van der Waals surface area contributed by atoms with Gasteiger partial charge >= 0.3 is 0 Å². The minimum atomic E-state index is 0.142. The van der Waals surface area contributed by atoms with E-state index in [1.165, 1.54) is 0 Å². The molecule has 2 N–H and O–H groups in total. The van der Waals surface area contributed by atoms with Crippen LogP contribution in [0.15, 0.2) is 0 Å². The average molecular weight is 133 g/mol. The topological polar surface area (TPSA) is 35.2 Å². The van der Waals surface area contributed by atoms with E-state index in [9.17, 15) is 0 Å². The molecule has 2 atom stereocenters. The summed E-state index contributed by atoms with van der Waals surface area (Å²) in [6, 6.07) is 0. The van der Waals surface area contributed by atoms with Crippen molar-refractivity contribution in [2.75, 3.05) is 6.54 Å². The minimum Gasteiger partial charge on any atom is -0.363 e. The van der Waals surface area contributed by atoms with Gasteiger partial charge in [-0.25, -0.2) is 0 Å². The Balaban J connectivity index is 2.22. The lowest BCUT2D eigenvalue weighted by molar-refractivity contribution is 0.0994. The SMILES string of the molecule is NC[C@@H]1CC[C@H](S)O1. The molecule has 0 amide bonds. The molecular formula is C5H11NOS. The Hall–Kier alpha value is 0.270. The summed E-state index contributed by atoms with van der Waals surface area (Å²) in [5.74, 6) is 0. The van der Waals surface area contributed by atoms with Crippen LogP contribution in [0, 0.1) is 0 Å². The van der Waals surface area contributed by atoms with Crippen LogP contribution < -0.4 is 5.73 Å². The van der Waals surface area contributed by atoms with Crippen molar-refractivity contribution in [3.05, 3.63) is 0 Å². The van der Waals surface area contributed by atoms with Crippen molar-refractivity contribution in [3.8, 4) is 0 Å². The number of hydrogen-bond acceptors (Lipinski definition) is 3. The van der Waals surface area contributed by atoms with Gasteiger partial charge in [0.05, 0.1) is 6.10 Å². The second kappa shape index (κ2) is 2.71. The second-order valence-electron chi connectivity index (χ2n) is 2.03. The summed E-state index contributed by atoms with van der Waals surface area (Å²) in [5.41, 5.74) is 5.48.